The highest BCUT2D eigenvalue weighted by atomic mass is 19.1. The average Bonchev–Trinajstić information content (AvgIpc) is 2.77. The summed E-state index contributed by atoms with van der Waals surface area (Å²) >= 11 is 0. The van der Waals surface area contributed by atoms with Crippen molar-refractivity contribution < 1.29 is 22.3 Å². The van der Waals surface area contributed by atoms with Crippen molar-refractivity contribution in [2.45, 2.75) is 51.9 Å². The molecule has 1 atom stereocenters. The van der Waals surface area contributed by atoms with E-state index in [1.54, 1.807) is 12.1 Å². The summed E-state index contributed by atoms with van der Waals surface area (Å²) in [7, 11) is 0. The second-order valence-corrected chi connectivity index (χ2v) is 9.00. The Morgan fingerprint density at radius 1 is 0.839 bits per heavy atom. The number of halogens is 4. The van der Waals surface area contributed by atoms with Crippen LogP contribution < -0.4 is 4.74 Å². The van der Waals surface area contributed by atoms with Crippen molar-refractivity contribution in [3.05, 3.63) is 59.4 Å². The van der Waals surface area contributed by atoms with E-state index >= 15 is 0 Å². The van der Waals surface area contributed by atoms with Gasteiger partial charge in [0.1, 0.15) is 5.82 Å². The molecule has 2 aliphatic carbocycles. The van der Waals surface area contributed by atoms with Crippen LogP contribution in [0, 0.1) is 35.2 Å². The van der Waals surface area contributed by atoms with Gasteiger partial charge < -0.3 is 4.74 Å². The first-order chi connectivity index (χ1) is 15.0. The van der Waals surface area contributed by atoms with E-state index in [4.69, 9.17) is 0 Å². The lowest BCUT2D eigenvalue weighted by Crippen LogP contribution is -2.22. The van der Waals surface area contributed by atoms with Crippen LogP contribution in [0.1, 0.15) is 57.4 Å². The Labute approximate surface area is 181 Å². The summed E-state index contributed by atoms with van der Waals surface area (Å²) in [6.07, 6.45) is 10.6. The fraction of sp³-hybridized carbons (Fsp3) is 0.462. The molecule has 0 spiro atoms. The van der Waals surface area contributed by atoms with Crippen molar-refractivity contribution in [3.63, 3.8) is 0 Å². The normalized spacial score (nSPS) is 24.0. The predicted molar refractivity (Wildman–Crippen MR) is 115 cm³/mol. The Morgan fingerprint density at radius 2 is 1.52 bits per heavy atom. The SMILES string of the molecule is CC1CCC(C2CC=C(c3ccc(-c4cc(F)c(OCF)c(F)c4)c(F)c3)CC2)CC1. The molecule has 166 valence electrons. The molecule has 0 saturated heterocycles. The van der Waals surface area contributed by atoms with Gasteiger partial charge in [-0.1, -0.05) is 38.0 Å². The number of hydrogen-bond acceptors (Lipinski definition) is 1. The van der Waals surface area contributed by atoms with Gasteiger partial charge in [-0.15, -0.1) is 0 Å². The zero-order chi connectivity index (χ0) is 22.0. The van der Waals surface area contributed by atoms with E-state index in [2.05, 4.69) is 17.7 Å². The maximum absolute atomic E-state index is 14.8. The smallest absolute Gasteiger partial charge is 0.228 e. The third-order valence-electron chi connectivity index (χ3n) is 7.03. The molecule has 31 heavy (non-hydrogen) atoms. The van der Waals surface area contributed by atoms with Gasteiger partial charge in [0.05, 0.1) is 0 Å². The summed E-state index contributed by atoms with van der Waals surface area (Å²) in [6.45, 7) is 0.994. The molecule has 0 amide bonds. The van der Waals surface area contributed by atoms with Gasteiger partial charge in [-0.3, -0.25) is 0 Å². The van der Waals surface area contributed by atoms with Crippen molar-refractivity contribution in [3.8, 4) is 16.9 Å². The molecule has 1 fully saturated rings. The number of alkyl halides is 1. The van der Waals surface area contributed by atoms with E-state index in [0.29, 0.717) is 0 Å². The Kier molecular flexibility index (Phi) is 6.68. The number of benzene rings is 2. The van der Waals surface area contributed by atoms with Crippen LogP contribution in [0.4, 0.5) is 17.6 Å². The number of rotatable bonds is 5. The van der Waals surface area contributed by atoms with Crippen molar-refractivity contribution in [2.75, 3.05) is 6.86 Å². The van der Waals surface area contributed by atoms with Crippen LogP contribution in [-0.2, 0) is 0 Å². The standard InChI is InChI=1S/C26H28F4O/c1-16-2-4-17(5-3-16)18-6-8-19(9-7-18)20-10-11-22(23(28)12-20)21-13-24(29)26(31-15-27)25(30)14-21/h8,10-14,16-18H,2-7,9,15H2,1H3. The fourth-order valence-electron chi connectivity index (χ4n) is 5.16. The van der Waals surface area contributed by atoms with Gasteiger partial charge in [0, 0.05) is 5.56 Å². The first-order valence-electron chi connectivity index (χ1n) is 11.1. The summed E-state index contributed by atoms with van der Waals surface area (Å²) in [6, 6.07) is 6.70. The summed E-state index contributed by atoms with van der Waals surface area (Å²) in [5.74, 6) is -1.08. The van der Waals surface area contributed by atoms with E-state index in [-0.39, 0.29) is 11.1 Å². The molecule has 0 N–H and O–H groups in total. The lowest BCUT2D eigenvalue weighted by molar-refractivity contribution is 0.176. The van der Waals surface area contributed by atoms with Gasteiger partial charge in [-0.05, 0) is 84.8 Å². The first-order valence-corrected chi connectivity index (χ1v) is 11.1. The average molecular weight is 433 g/mol. The van der Waals surface area contributed by atoms with Crippen LogP contribution in [-0.4, -0.2) is 6.86 Å². The first kappa shape index (κ1) is 21.9. The fourth-order valence-corrected chi connectivity index (χ4v) is 5.16. The largest absolute Gasteiger partial charge is 0.457 e. The quantitative estimate of drug-likeness (QED) is 0.434. The molecule has 2 aromatic carbocycles. The van der Waals surface area contributed by atoms with Gasteiger partial charge in [-0.25, -0.2) is 17.6 Å². The highest BCUT2D eigenvalue weighted by molar-refractivity contribution is 5.72. The minimum atomic E-state index is -1.34. The molecule has 4 rings (SSSR count). The van der Waals surface area contributed by atoms with Crippen LogP contribution in [0.3, 0.4) is 0 Å². The van der Waals surface area contributed by atoms with Crippen molar-refractivity contribution in [2.24, 2.45) is 17.8 Å². The third kappa shape index (κ3) is 4.81. The second kappa shape index (κ2) is 9.46. The minimum Gasteiger partial charge on any atom is -0.457 e. The van der Waals surface area contributed by atoms with Crippen LogP contribution in [0.5, 0.6) is 5.75 Å². The molecule has 0 heterocycles. The molecule has 1 unspecified atom stereocenters. The van der Waals surface area contributed by atoms with Gasteiger partial charge >= 0.3 is 0 Å². The zero-order valence-corrected chi connectivity index (χ0v) is 17.8. The molecule has 1 saturated carbocycles. The van der Waals surface area contributed by atoms with E-state index in [0.717, 1.165) is 60.3 Å². The zero-order valence-electron chi connectivity index (χ0n) is 17.8. The Balaban J connectivity index is 1.49. The van der Waals surface area contributed by atoms with E-state index < -0.39 is 30.1 Å². The molecule has 2 aliphatic rings. The van der Waals surface area contributed by atoms with Crippen molar-refractivity contribution in [1.29, 1.82) is 0 Å². The Bertz CT molecular complexity index is 937. The summed E-state index contributed by atoms with van der Waals surface area (Å²) < 4.78 is 59.5. The van der Waals surface area contributed by atoms with Crippen molar-refractivity contribution in [1.82, 2.24) is 0 Å². The molecule has 0 aliphatic heterocycles. The molecular formula is C26H28F4O. The van der Waals surface area contributed by atoms with E-state index in [1.165, 1.54) is 31.7 Å². The molecule has 0 bridgehead atoms. The number of hydrogen-bond donors (Lipinski definition) is 0. The maximum Gasteiger partial charge on any atom is 0.228 e. The molecular weight excluding hydrogens is 404 g/mol. The minimum absolute atomic E-state index is 0.0504. The van der Waals surface area contributed by atoms with E-state index in [9.17, 15) is 17.6 Å². The summed E-state index contributed by atoms with van der Waals surface area (Å²) in [5, 5.41) is 0. The second-order valence-electron chi connectivity index (χ2n) is 9.00. The van der Waals surface area contributed by atoms with Gasteiger partial charge in [-0.2, -0.15) is 0 Å². The molecule has 0 aromatic heterocycles. The number of ether oxygens (including phenoxy) is 1. The lowest BCUT2D eigenvalue weighted by Gasteiger charge is -2.34. The lowest BCUT2D eigenvalue weighted by atomic mass is 9.71. The molecule has 0 radical (unpaired) electrons. The Hall–Kier alpha value is -2.30. The third-order valence-corrected chi connectivity index (χ3v) is 7.03. The van der Waals surface area contributed by atoms with Crippen LogP contribution >= 0.6 is 0 Å². The van der Waals surface area contributed by atoms with E-state index in [1.807, 2.05) is 0 Å². The molecule has 1 nitrogen and oxygen atoms in total. The Morgan fingerprint density at radius 3 is 2.10 bits per heavy atom. The highest BCUT2D eigenvalue weighted by Crippen LogP contribution is 2.41. The molecule has 2 aromatic rings. The van der Waals surface area contributed by atoms with Gasteiger partial charge in [0.25, 0.3) is 0 Å². The van der Waals surface area contributed by atoms with Crippen LogP contribution in [0.2, 0.25) is 0 Å². The highest BCUT2D eigenvalue weighted by Gasteiger charge is 2.27. The topological polar surface area (TPSA) is 9.23 Å². The summed E-state index contributed by atoms with van der Waals surface area (Å²) in [4.78, 5) is 0. The van der Waals surface area contributed by atoms with Crippen molar-refractivity contribution >= 4 is 5.57 Å². The summed E-state index contributed by atoms with van der Waals surface area (Å²) in [5.41, 5.74) is 2.10. The van der Waals surface area contributed by atoms with Gasteiger partial charge in [0.2, 0.25) is 6.86 Å². The van der Waals surface area contributed by atoms with Crippen LogP contribution in [0.15, 0.2) is 36.4 Å². The predicted octanol–water partition coefficient (Wildman–Crippen LogP) is 8.09. The maximum atomic E-state index is 14.8. The monoisotopic (exact) mass is 432 g/mol. The van der Waals surface area contributed by atoms with Crippen LogP contribution in [0.25, 0.3) is 16.7 Å². The number of allylic oxidation sites excluding steroid dienone is 2. The van der Waals surface area contributed by atoms with Gasteiger partial charge in [0.15, 0.2) is 17.4 Å². The molecule has 5 heteroatoms.